The zero-order valence-corrected chi connectivity index (χ0v) is 11.8. The lowest BCUT2D eigenvalue weighted by molar-refractivity contribution is 0.0521. The number of rotatable bonds is 6. The Kier molecular flexibility index (Phi) is 5.03. The van der Waals surface area contributed by atoms with Crippen molar-refractivity contribution < 1.29 is 18.7 Å². The summed E-state index contributed by atoms with van der Waals surface area (Å²) >= 11 is 0. The number of esters is 1. The number of hydrogen-bond donors (Lipinski definition) is 0. The van der Waals surface area contributed by atoms with Crippen LogP contribution in [0.4, 0.5) is 5.88 Å². The zero-order valence-electron chi connectivity index (χ0n) is 11.8. The maximum atomic E-state index is 11.9. The van der Waals surface area contributed by atoms with Crippen LogP contribution in [0.3, 0.4) is 0 Å². The van der Waals surface area contributed by atoms with E-state index >= 15 is 0 Å². The topological polar surface area (TPSA) is 86.8 Å². The number of pyridine rings is 1. The Morgan fingerprint density at radius 3 is 2.76 bits per heavy atom. The quantitative estimate of drug-likeness (QED) is 0.461. The molecule has 0 N–H and O–H groups in total. The number of aliphatic imine (C=N–C) groups is 1. The maximum absolute atomic E-state index is 11.9. The molecule has 0 unspecified atom stereocenters. The van der Waals surface area contributed by atoms with E-state index in [-0.39, 0.29) is 24.1 Å². The second-order valence-electron chi connectivity index (χ2n) is 3.82. The SMILES string of the molecule is CCOC=Nc1oc(-c2ccncc2)nc1C(=O)OCC. The molecule has 21 heavy (non-hydrogen) atoms. The molecule has 0 radical (unpaired) electrons. The monoisotopic (exact) mass is 289 g/mol. The fourth-order valence-corrected chi connectivity index (χ4v) is 1.51. The third-order valence-corrected chi connectivity index (χ3v) is 2.42. The molecule has 0 atom stereocenters. The summed E-state index contributed by atoms with van der Waals surface area (Å²) in [4.78, 5) is 23.9. The van der Waals surface area contributed by atoms with E-state index in [0.29, 0.717) is 12.2 Å². The Balaban J connectivity index is 2.37. The highest BCUT2D eigenvalue weighted by molar-refractivity contribution is 5.92. The smallest absolute Gasteiger partial charge is 0.362 e. The molecule has 2 rings (SSSR count). The van der Waals surface area contributed by atoms with Gasteiger partial charge in [-0.2, -0.15) is 9.98 Å². The lowest BCUT2D eigenvalue weighted by Gasteiger charge is -1.97. The number of hydrogen-bond acceptors (Lipinski definition) is 7. The van der Waals surface area contributed by atoms with Crippen molar-refractivity contribution in [2.75, 3.05) is 13.2 Å². The number of oxazole rings is 1. The Morgan fingerprint density at radius 1 is 1.33 bits per heavy atom. The van der Waals surface area contributed by atoms with Gasteiger partial charge in [-0.1, -0.05) is 0 Å². The van der Waals surface area contributed by atoms with Gasteiger partial charge in [-0.05, 0) is 26.0 Å². The van der Waals surface area contributed by atoms with Gasteiger partial charge in [0.1, 0.15) is 0 Å². The molecule has 0 saturated heterocycles. The summed E-state index contributed by atoms with van der Waals surface area (Å²) in [7, 11) is 0. The largest absolute Gasteiger partial charge is 0.483 e. The van der Waals surface area contributed by atoms with Crippen molar-refractivity contribution in [2.24, 2.45) is 4.99 Å². The predicted molar refractivity (Wildman–Crippen MR) is 75.5 cm³/mol. The highest BCUT2D eigenvalue weighted by Gasteiger charge is 2.21. The molecule has 0 fully saturated rings. The van der Waals surface area contributed by atoms with Crippen molar-refractivity contribution in [1.82, 2.24) is 9.97 Å². The predicted octanol–water partition coefficient (Wildman–Crippen LogP) is 2.61. The van der Waals surface area contributed by atoms with Gasteiger partial charge in [0.25, 0.3) is 5.88 Å². The minimum atomic E-state index is -0.592. The Hall–Kier alpha value is -2.70. The fourth-order valence-electron chi connectivity index (χ4n) is 1.51. The molecule has 110 valence electrons. The van der Waals surface area contributed by atoms with Crippen LogP contribution in [0.25, 0.3) is 11.5 Å². The molecule has 0 aromatic carbocycles. The summed E-state index contributed by atoms with van der Waals surface area (Å²) in [5.74, 6) is -0.275. The van der Waals surface area contributed by atoms with E-state index in [4.69, 9.17) is 13.9 Å². The summed E-state index contributed by atoms with van der Waals surface area (Å²) in [5, 5.41) is 0. The minimum Gasteiger partial charge on any atom is -0.483 e. The first-order chi connectivity index (χ1) is 10.3. The molecule has 0 aliphatic carbocycles. The normalized spacial score (nSPS) is 10.8. The average Bonchev–Trinajstić information content (AvgIpc) is 2.93. The summed E-state index contributed by atoms with van der Waals surface area (Å²) in [6.07, 6.45) is 4.42. The van der Waals surface area contributed by atoms with Crippen molar-refractivity contribution in [2.45, 2.75) is 13.8 Å². The molecule has 0 aliphatic heterocycles. The van der Waals surface area contributed by atoms with Gasteiger partial charge in [-0.15, -0.1) is 0 Å². The van der Waals surface area contributed by atoms with E-state index in [1.165, 1.54) is 6.40 Å². The van der Waals surface area contributed by atoms with Crippen LogP contribution in [-0.2, 0) is 9.47 Å². The first-order valence-electron chi connectivity index (χ1n) is 6.48. The lowest BCUT2D eigenvalue weighted by Crippen LogP contribution is -2.05. The van der Waals surface area contributed by atoms with Crippen molar-refractivity contribution in [3.8, 4) is 11.5 Å². The molecule has 7 heteroatoms. The Bertz CT molecular complexity index is 622. The van der Waals surface area contributed by atoms with E-state index < -0.39 is 5.97 Å². The van der Waals surface area contributed by atoms with Gasteiger partial charge in [-0.25, -0.2) is 4.79 Å². The van der Waals surface area contributed by atoms with Gasteiger partial charge in [0.15, 0.2) is 6.40 Å². The van der Waals surface area contributed by atoms with Crippen molar-refractivity contribution >= 4 is 18.3 Å². The van der Waals surface area contributed by atoms with E-state index in [9.17, 15) is 4.79 Å². The highest BCUT2D eigenvalue weighted by Crippen LogP contribution is 2.27. The number of carbonyl (C=O) groups excluding carboxylic acids is 1. The highest BCUT2D eigenvalue weighted by atomic mass is 16.5. The zero-order chi connectivity index (χ0) is 15.1. The van der Waals surface area contributed by atoms with Crippen LogP contribution in [0.2, 0.25) is 0 Å². The van der Waals surface area contributed by atoms with Crippen LogP contribution >= 0.6 is 0 Å². The maximum Gasteiger partial charge on any atom is 0.362 e. The minimum absolute atomic E-state index is 0.0135. The molecule has 0 saturated carbocycles. The van der Waals surface area contributed by atoms with Gasteiger partial charge < -0.3 is 13.9 Å². The second kappa shape index (κ2) is 7.18. The number of nitrogens with zero attached hydrogens (tertiary/aromatic N) is 3. The van der Waals surface area contributed by atoms with Crippen LogP contribution < -0.4 is 0 Å². The van der Waals surface area contributed by atoms with Crippen LogP contribution in [0.15, 0.2) is 33.9 Å². The molecule has 0 aliphatic rings. The van der Waals surface area contributed by atoms with Gasteiger partial charge in [-0.3, -0.25) is 4.98 Å². The van der Waals surface area contributed by atoms with Crippen molar-refractivity contribution in [3.05, 3.63) is 30.2 Å². The molecule has 0 bridgehead atoms. The molecule has 0 amide bonds. The van der Waals surface area contributed by atoms with Crippen LogP contribution in [0.5, 0.6) is 0 Å². The summed E-state index contributed by atoms with van der Waals surface area (Å²) < 4.78 is 15.4. The van der Waals surface area contributed by atoms with Gasteiger partial charge in [0.2, 0.25) is 11.6 Å². The van der Waals surface area contributed by atoms with E-state index in [2.05, 4.69) is 15.0 Å². The second-order valence-corrected chi connectivity index (χ2v) is 3.82. The molecule has 2 aromatic rings. The summed E-state index contributed by atoms with van der Waals surface area (Å²) in [5.41, 5.74) is 0.702. The molecule has 0 spiro atoms. The summed E-state index contributed by atoms with van der Waals surface area (Å²) in [6.45, 7) is 4.24. The third kappa shape index (κ3) is 3.65. The fraction of sp³-hybridized carbons (Fsp3) is 0.286. The third-order valence-electron chi connectivity index (χ3n) is 2.42. The van der Waals surface area contributed by atoms with Gasteiger partial charge in [0, 0.05) is 18.0 Å². The standard InChI is InChI=1S/C14H15N3O4/c1-3-19-9-16-13-11(14(18)20-4-2)17-12(21-13)10-5-7-15-8-6-10/h5-9H,3-4H2,1-2H3. The molecular formula is C14H15N3O4. The molecule has 7 nitrogen and oxygen atoms in total. The van der Waals surface area contributed by atoms with Crippen molar-refractivity contribution in [3.63, 3.8) is 0 Å². The Labute approximate surface area is 121 Å². The molecule has 2 aromatic heterocycles. The summed E-state index contributed by atoms with van der Waals surface area (Å²) in [6, 6.07) is 3.44. The number of carbonyl (C=O) groups is 1. The first-order valence-corrected chi connectivity index (χ1v) is 6.48. The van der Waals surface area contributed by atoms with Crippen LogP contribution in [0, 0.1) is 0 Å². The van der Waals surface area contributed by atoms with E-state index in [0.717, 1.165) is 0 Å². The number of aromatic nitrogens is 2. The molecular weight excluding hydrogens is 274 g/mol. The van der Waals surface area contributed by atoms with E-state index in [1.807, 2.05) is 6.92 Å². The average molecular weight is 289 g/mol. The van der Waals surface area contributed by atoms with Crippen LogP contribution in [0.1, 0.15) is 24.3 Å². The van der Waals surface area contributed by atoms with Crippen LogP contribution in [-0.4, -0.2) is 35.6 Å². The number of ether oxygens (including phenoxy) is 2. The van der Waals surface area contributed by atoms with Gasteiger partial charge >= 0.3 is 5.97 Å². The Morgan fingerprint density at radius 2 is 2.10 bits per heavy atom. The first kappa shape index (κ1) is 14.7. The molecule has 2 heterocycles. The van der Waals surface area contributed by atoms with Crippen molar-refractivity contribution in [1.29, 1.82) is 0 Å². The van der Waals surface area contributed by atoms with Gasteiger partial charge in [0.05, 0.1) is 13.2 Å². The lowest BCUT2D eigenvalue weighted by atomic mass is 10.3. The van der Waals surface area contributed by atoms with E-state index in [1.54, 1.807) is 31.5 Å².